The molecule has 0 bridgehead atoms. The first-order valence-electron chi connectivity index (χ1n) is 7.36. The van der Waals surface area contributed by atoms with Crippen LogP contribution in [-0.4, -0.2) is 34.3 Å². The highest BCUT2D eigenvalue weighted by molar-refractivity contribution is 9.10. The Balaban J connectivity index is 2.09. The summed E-state index contributed by atoms with van der Waals surface area (Å²) in [7, 11) is 0. The van der Waals surface area contributed by atoms with Gasteiger partial charge in [0.1, 0.15) is 0 Å². The molecule has 0 radical (unpaired) electrons. The maximum atomic E-state index is 11.2. The topological polar surface area (TPSA) is 40.5 Å². The van der Waals surface area contributed by atoms with Gasteiger partial charge in [-0.15, -0.1) is 11.8 Å². The Bertz CT molecular complexity index is 507. The monoisotopic (exact) mass is 371 g/mol. The molecule has 5 heteroatoms. The minimum Gasteiger partial charge on any atom is -0.481 e. The maximum absolute atomic E-state index is 11.2. The van der Waals surface area contributed by atoms with Crippen molar-refractivity contribution in [1.82, 2.24) is 4.90 Å². The predicted molar refractivity (Wildman–Crippen MR) is 90.8 cm³/mol. The number of carboxylic acids is 1. The van der Waals surface area contributed by atoms with Gasteiger partial charge in [-0.3, -0.25) is 9.69 Å². The predicted octanol–water partition coefficient (Wildman–Crippen LogP) is 4.25. The molecule has 0 saturated carbocycles. The van der Waals surface area contributed by atoms with Gasteiger partial charge in [-0.05, 0) is 37.1 Å². The fraction of sp³-hybridized carbons (Fsp3) is 0.562. The first kappa shape index (κ1) is 16.8. The maximum Gasteiger partial charge on any atom is 0.307 e. The Labute approximate surface area is 139 Å². The van der Waals surface area contributed by atoms with Crippen molar-refractivity contribution in [2.24, 2.45) is 5.92 Å². The molecule has 1 aliphatic rings. The van der Waals surface area contributed by atoms with Crippen molar-refractivity contribution in [2.45, 2.75) is 43.4 Å². The zero-order chi connectivity index (χ0) is 15.4. The standard InChI is InChI=1S/C16H22BrNO2S/c1-11(2)21-15-8-14(17)6-5-12(15)9-18-7-3-4-13(10-18)16(19)20/h5-6,8,11,13H,3-4,7,9-10H2,1-2H3,(H,19,20). The SMILES string of the molecule is CC(C)Sc1cc(Br)ccc1CN1CCCC(C(=O)O)C1. The number of carbonyl (C=O) groups is 1. The Morgan fingerprint density at radius 2 is 2.29 bits per heavy atom. The van der Waals surface area contributed by atoms with E-state index < -0.39 is 5.97 Å². The Hall–Kier alpha value is -0.520. The van der Waals surface area contributed by atoms with Gasteiger partial charge < -0.3 is 5.11 Å². The molecule has 0 amide bonds. The second kappa shape index (κ2) is 7.65. The number of hydrogen-bond acceptors (Lipinski definition) is 3. The number of rotatable bonds is 5. The van der Waals surface area contributed by atoms with Crippen LogP contribution in [0.4, 0.5) is 0 Å². The van der Waals surface area contributed by atoms with Crippen LogP contribution in [0.5, 0.6) is 0 Å². The van der Waals surface area contributed by atoms with E-state index >= 15 is 0 Å². The number of aliphatic carboxylic acids is 1. The van der Waals surface area contributed by atoms with E-state index in [1.165, 1.54) is 10.5 Å². The molecule has 1 atom stereocenters. The molecule has 1 aromatic rings. The van der Waals surface area contributed by atoms with E-state index in [1.54, 1.807) is 0 Å². The van der Waals surface area contributed by atoms with Gasteiger partial charge in [0.05, 0.1) is 5.92 Å². The van der Waals surface area contributed by atoms with Crippen LogP contribution in [0.1, 0.15) is 32.3 Å². The lowest BCUT2D eigenvalue weighted by Crippen LogP contribution is -2.38. The van der Waals surface area contributed by atoms with Crippen LogP contribution in [0.3, 0.4) is 0 Å². The van der Waals surface area contributed by atoms with Crippen LogP contribution >= 0.6 is 27.7 Å². The second-order valence-electron chi connectivity index (χ2n) is 5.83. The summed E-state index contributed by atoms with van der Waals surface area (Å²) in [6.45, 7) is 6.88. The Morgan fingerprint density at radius 3 is 2.95 bits per heavy atom. The Morgan fingerprint density at radius 1 is 1.52 bits per heavy atom. The highest BCUT2D eigenvalue weighted by atomic mass is 79.9. The van der Waals surface area contributed by atoms with Crippen LogP contribution in [0.25, 0.3) is 0 Å². The molecule has 1 N–H and O–H groups in total. The van der Waals surface area contributed by atoms with Gasteiger partial charge in [0.25, 0.3) is 0 Å². The van der Waals surface area contributed by atoms with Gasteiger partial charge in [-0.25, -0.2) is 0 Å². The number of hydrogen-bond donors (Lipinski definition) is 1. The average Bonchev–Trinajstić information content (AvgIpc) is 2.41. The summed E-state index contributed by atoms with van der Waals surface area (Å²) in [4.78, 5) is 14.7. The van der Waals surface area contributed by atoms with E-state index in [0.717, 1.165) is 30.4 Å². The number of thioether (sulfide) groups is 1. The first-order valence-corrected chi connectivity index (χ1v) is 9.03. The summed E-state index contributed by atoms with van der Waals surface area (Å²) < 4.78 is 1.09. The quantitative estimate of drug-likeness (QED) is 0.785. The van der Waals surface area contributed by atoms with Crippen molar-refractivity contribution in [3.05, 3.63) is 28.2 Å². The molecule has 1 fully saturated rings. The normalized spacial score (nSPS) is 19.9. The van der Waals surface area contributed by atoms with Crippen LogP contribution in [-0.2, 0) is 11.3 Å². The summed E-state index contributed by atoms with van der Waals surface area (Å²) in [6, 6.07) is 6.39. The number of benzene rings is 1. The minimum atomic E-state index is -0.660. The highest BCUT2D eigenvalue weighted by Gasteiger charge is 2.25. The van der Waals surface area contributed by atoms with Gasteiger partial charge in [0.15, 0.2) is 0 Å². The summed E-state index contributed by atoms with van der Waals surface area (Å²) >= 11 is 5.40. The van der Waals surface area contributed by atoms with Crippen molar-refractivity contribution in [2.75, 3.05) is 13.1 Å². The zero-order valence-corrected chi connectivity index (χ0v) is 14.9. The lowest BCUT2D eigenvalue weighted by atomic mass is 9.98. The minimum absolute atomic E-state index is 0.213. The van der Waals surface area contributed by atoms with E-state index in [1.807, 2.05) is 11.8 Å². The number of nitrogens with zero attached hydrogens (tertiary/aromatic N) is 1. The van der Waals surface area contributed by atoms with Crippen molar-refractivity contribution >= 4 is 33.7 Å². The molecular weight excluding hydrogens is 350 g/mol. The number of likely N-dealkylation sites (tertiary alicyclic amines) is 1. The van der Waals surface area contributed by atoms with Crippen molar-refractivity contribution in [3.63, 3.8) is 0 Å². The molecule has 1 aromatic carbocycles. The van der Waals surface area contributed by atoms with Crippen LogP contribution in [0.2, 0.25) is 0 Å². The van der Waals surface area contributed by atoms with E-state index in [0.29, 0.717) is 11.8 Å². The highest BCUT2D eigenvalue weighted by Crippen LogP contribution is 2.31. The number of piperidine rings is 1. The van der Waals surface area contributed by atoms with E-state index in [9.17, 15) is 9.90 Å². The van der Waals surface area contributed by atoms with Gasteiger partial charge in [0.2, 0.25) is 0 Å². The number of carboxylic acid groups (broad SMARTS) is 1. The lowest BCUT2D eigenvalue weighted by Gasteiger charge is -2.31. The average molecular weight is 372 g/mol. The Kier molecular flexibility index (Phi) is 6.14. The summed E-state index contributed by atoms with van der Waals surface area (Å²) in [5.41, 5.74) is 1.29. The van der Waals surface area contributed by atoms with Crippen LogP contribution in [0, 0.1) is 5.92 Å². The first-order chi connectivity index (χ1) is 9.95. The van der Waals surface area contributed by atoms with E-state index in [-0.39, 0.29) is 5.92 Å². The molecule has 1 aliphatic heterocycles. The molecule has 1 heterocycles. The molecule has 0 aliphatic carbocycles. The lowest BCUT2D eigenvalue weighted by molar-refractivity contribution is -0.143. The fourth-order valence-electron chi connectivity index (χ4n) is 2.66. The van der Waals surface area contributed by atoms with Gasteiger partial charge in [-0.2, -0.15) is 0 Å². The fourth-order valence-corrected chi connectivity index (χ4v) is 4.16. The smallest absolute Gasteiger partial charge is 0.307 e. The van der Waals surface area contributed by atoms with Gasteiger partial charge >= 0.3 is 5.97 Å². The molecule has 1 saturated heterocycles. The molecule has 2 rings (SSSR count). The molecule has 3 nitrogen and oxygen atoms in total. The summed E-state index contributed by atoms with van der Waals surface area (Å²) in [6.07, 6.45) is 1.78. The molecule has 0 aromatic heterocycles. The van der Waals surface area contributed by atoms with Crippen molar-refractivity contribution in [1.29, 1.82) is 0 Å². The molecule has 116 valence electrons. The van der Waals surface area contributed by atoms with Crippen LogP contribution < -0.4 is 0 Å². The third-order valence-electron chi connectivity index (χ3n) is 3.64. The molecule has 1 unspecified atom stereocenters. The number of halogens is 1. The molecule has 21 heavy (non-hydrogen) atoms. The molecule has 0 spiro atoms. The van der Waals surface area contributed by atoms with Crippen molar-refractivity contribution in [3.8, 4) is 0 Å². The zero-order valence-electron chi connectivity index (χ0n) is 12.5. The van der Waals surface area contributed by atoms with Gasteiger partial charge in [0, 0.05) is 27.7 Å². The van der Waals surface area contributed by atoms with Crippen molar-refractivity contribution < 1.29 is 9.90 Å². The molecular formula is C16H22BrNO2S. The summed E-state index contributed by atoms with van der Waals surface area (Å²) in [5.74, 6) is -0.873. The summed E-state index contributed by atoms with van der Waals surface area (Å²) in [5, 5.41) is 9.73. The third kappa shape index (κ3) is 5.01. The largest absolute Gasteiger partial charge is 0.481 e. The van der Waals surface area contributed by atoms with E-state index in [4.69, 9.17) is 0 Å². The van der Waals surface area contributed by atoms with Gasteiger partial charge in [-0.1, -0.05) is 35.8 Å². The van der Waals surface area contributed by atoms with Crippen LogP contribution in [0.15, 0.2) is 27.6 Å². The second-order valence-corrected chi connectivity index (χ2v) is 8.37. The third-order valence-corrected chi connectivity index (χ3v) is 5.24. The van der Waals surface area contributed by atoms with E-state index in [2.05, 4.69) is 52.9 Å².